The van der Waals surface area contributed by atoms with Gasteiger partial charge >= 0.3 is 0 Å². The quantitative estimate of drug-likeness (QED) is 0.584. The molecule has 4 rings (SSSR count). The summed E-state index contributed by atoms with van der Waals surface area (Å²) in [6.07, 6.45) is 3.30. The molecule has 0 radical (unpaired) electrons. The highest BCUT2D eigenvalue weighted by molar-refractivity contribution is 7.88. The Balaban J connectivity index is 1.57. The van der Waals surface area contributed by atoms with Crippen LogP contribution in [0.2, 0.25) is 0 Å². The molecule has 1 amide bonds. The molecule has 2 aromatic heterocycles. The summed E-state index contributed by atoms with van der Waals surface area (Å²) in [5.74, 6) is 0.620. The smallest absolute Gasteiger partial charge is 0.255 e. The van der Waals surface area contributed by atoms with Crippen molar-refractivity contribution in [1.82, 2.24) is 29.6 Å². The second-order valence-corrected chi connectivity index (χ2v) is 9.84. The van der Waals surface area contributed by atoms with Crippen LogP contribution < -0.4 is 10.2 Å². The lowest BCUT2D eigenvalue weighted by Gasteiger charge is -2.18. The average molecular weight is 444 g/mol. The Kier molecular flexibility index (Phi) is 5.63. The van der Waals surface area contributed by atoms with Crippen LogP contribution in [0.15, 0.2) is 30.5 Å². The number of hydrogen-bond acceptors (Lipinski definition) is 7. The molecule has 31 heavy (non-hydrogen) atoms. The molecule has 0 saturated carbocycles. The van der Waals surface area contributed by atoms with Crippen LogP contribution in [-0.2, 0) is 16.6 Å². The fraction of sp³-hybridized carbons (Fsp3) is 0.400. The average Bonchev–Trinajstić information content (AvgIpc) is 3.38. The van der Waals surface area contributed by atoms with E-state index in [1.165, 1.54) is 16.8 Å². The lowest BCUT2D eigenvalue weighted by molar-refractivity contribution is 0.0947. The third-order valence-electron chi connectivity index (χ3n) is 5.31. The molecule has 0 aliphatic carbocycles. The summed E-state index contributed by atoms with van der Waals surface area (Å²) >= 11 is 0. The number of imidazole rings is 1. The predicted octanol–water partition coefficient (Wildman–Crippen LogP) is 1.10. The molecule has 0 spiro atoms. The molecule has 1 aliphatic heterocycles. The van der Waals surface area contributed by atoms with Crippen molar-refractivity contribution in [2.75, 3.05) is 38.3 Å². The molecule has 164 valence electrons. The zero-order chi connectivity index (χ0) is 22.2. The fourth-order valence-electron chi connectivity index (χ4n) is 3.69. The van der Waals surface area contributed by atoms with Crippen molar-refractivity contribution >= 4 is 32.9 Å². The minimum Gasteiger partial charge on any atom is -0.347 e. The Hall–Kier alpha value is -3.05. The maximum absolute atomic E-state index is 13.0. The number of carbonyl (C=O) groups excluding carboxylic acids is 1. The molecule has 1 atom stereocenters. The van der Waals surface area contributed by atoms with Gasteiger partial charge in [-0.15, -0.1) is 0 Å². The molecule has 1 unspecified atom stereocenters. The Bertz CT molecular complexity index is 1190. The third-order valence-corrected chi connectivity index (χ3v) is 6.58. The summed E-state index contributed by atoms with van der Waals surface area (Å²) in [5, 5.41) is 2.87. The van der Waals surface area contributed by atoms with Crippen molar-refractivity contribution in [3.63, 3.8) is 0 Å². The van der Waals surface area contributed by atoms with Gasteiger partial charge in [-0.25, -0.2) is 27.7 Å². The van der Waals surface area contributed by atoms with E-state index in [-0.39, 0.29) is 18.4 Å². The summed E-state index contributed by atoms with van der Waals surface area (Å²) in [7, 11) is 0.339. The van der Waals surface area contributed by atoms with E-state index in [2.05, 4.69) is 25.3 Å². The van der Waals surface area contributed by atoms with Crippen molar-refractivity contribution in [3.8, 4) is 0 Å². The number of amides is 1. The topological polar surface area (TPSA) is 124 Å². The third kappa shape index (κ3) is 4.52. The number of H-pyrrole nitrogens is 1. The lowest BCUT2D eigenvalue weighted by atomic mass is 10.00. The highest BCUT2D eigenvalue weighted by Crippen LogP contribution is 2.30. The van der Waals surface area contributed by atoms with Crippen molar-refractivity contribution in [2.45, 2.75) is 18.9 Å². The van der Waals surface area contributed by atoms with Gasteiger partial charge in [0.05, 0.1) is 35.1 Å². The SMILES string of the molecule is CN(C)c1ncc(C(=O)NCc2nc3ccccc3[nH]2)c(C2CCN(S(C)(=O)=O)C2)n1. The number of aromatic nitrogens is 4. The first-order valence-electron chi connectivity index (χ1n) is 9.93. The van der Waals surface area contributed by atoms with Gasteiger partial charge in [0.2, 0.25) is 16.0 Å². The second kappa shape index (κ2) is 8.23. The van der Waals surface area contributed by atoms with E-state index >= 15 is 0 Å². The Morgan fingerprint density at radius 2 is 2.06 bits per heavy atom. The van der Waals surface area contributed by atoms with Gasteiger partial charge in [-0.1, -0.05) is 12.1 Å². The van der Waals surface area contributed by atoms with Crippen LogP contribution in [-0.4, -0.2) is 72.0 Å². The number of hydrogen-bond donors (Lipinski definition) is 2. The highest BCUT2D eigenvalue weighted by atomic mass is 32.2. The Morgan fingerprint density at radius 1 is 1.29 bits per heavy atom. The molecular weight excluding hydrogens is 418 g/mol. The van der Waals surface area contributed by atoms with E-state index in [9.17, 15) is 13.2 Å². The first kappa shape index (κ1) is 21.2. The van der Waals surface area contributed by atoms with Gasteiger partial charge < -0.3 is 15.2 Å². The summed E-state index contributed by atoms with van der Waals surface area (Å²) in [6, 6.07) is 7.65. The molecule has 2 N–H and O–H groups in total. The van der Waals surface area contributed by atoms with Crippen LogP contribution >= 0.6 is 0 Å². The molecule has 1 aliphatic rings. The van der Waals surface area contributed by atoms with Gasteiger partial charge in [-0.2, -0.15) is 0 Å². The van der Waals surface area contributed by atoms with Crippen LogP contribution in [0.25, 0.3) is 11.0 Å². The number of anilines is 1. The normalized spacial score (nSPS) is 17.2. The number of fused-ring (bicyclic) bond motifs is 1. The minimum absolute atomic E-state index is 0.177. The predicted molar refractivity (Wildman–Crippen MR) is 117 cm³/mol. The largest absolute Gasteiger partial charge is 0.347 e. The molecule has 3 heterocycles. The molecule has 1 saturated heterocycles. The number of sulfonamides is 1. The number of aromatic amines is 1. The molecule has 11 heteroatoms. The molecular formula is C20H25N7O3S. The molecule has 10 nitrogen and oxygen atoms in total. The number of para-hydroxylation sites is 2. The number of benzene rings is 1. The van der Waals surface area contributed by atoms with Crippen molar-refractivity contribution < 1.29 is 13.2 Å². The fourth-order valence-corrected chi connectivity index (χ4v) is 4.58. The van der Waals surface area contributed by atoms with Gasteiger partial charge in [-0.3, -0.25) is 4.79 Å². The van der Waals surface area contributed by atoms with E-state index < -0.39 is 10.0 Å². The zero-order valence-corrected chi connectivity index (χ0v) is 18.5. The van der Waals surface area contributed by atoms with Gasteiger partial charge in [0.15, 0.2) is 0 Å². The van der Waals surface area contributed by atoms with Crippen molar-refractivity contribution in [1.29, 1.82) is 0 Å². The summed E-state index contributed by atoms with van der Waals surface area (Å²) in [6.45, 7) is 0.930. The number of nitrogens with zero attached hydrogens (tertiary/aromatic N) is 5. The van der Waals surface area contributed by atoms with E-state index in [1.54, 1.807) is 4.90 Å². The maximum Gasteiger partial charge on any atom is 0.255 e. The van der Waals surface area contributed by atoms with Crippen molar-refractivity contribution in [2.24, 2.45) is 0 Å². The summed E-state index contributed by atoms with van der Waals surface area (Å²) < 4.78 is 25.3. The van der Waals surface area contributed by atoms with Crippen LogP contribution in [0.4, 0.5) is 5.95 Å². The maximum atomic E-state index is 13.0. The number of rotatable bonds is 6. The van der Waals surface area contributed by atoms with E-state index in [4.69, 9.17) is 0 Å². The molecule has 1 fully saturated rings. The van der Waals surface area contributed by atoms with Gasteiger partial charge in [0.1, 0.15) is 5.82 Å². The first-order valence-corrected chi connectivity index (χ1v) is 11.8. The summed E-state index contributed by atoms with van der Waals surface area (Å²) in [4.78, 5) is 31.3. The lowest BCUT2D eigenvalue weighted by Crippen LogP contribution is -2.29. The Morgan fingerprint density at radius 3 is 2.74 bits per heavy atom. The number of nitrogens with one attached hydrogen (secondary N) is 2. The summed E-state index contributed by atoms with van der Waals surface area (Å²) in [5.41, 5.74) is 2.64. The zero-order valence-electron chi connectivity index (χ0n) is 17.7. The van der Waals surface area contributed by atoms with Gasteiger partial charge in [0, 0.05) is 39.3 Å². The molecule has 1 aromatic carbocycles. The van der Waals surface area contributed by atoms with Crippen LogP contribution in [0.5, 0.6) is 0 Å². The van der Waals surface area contributed by atoms with Gasteiger partial charge in [-0.05, 0) is 18.6 Å². The van der Waals surface area contributed by atoms with Crippen LogP contribution in [0.1, 0.15) is 34.2 Å². The van der Waals surface area contributed by atoms with Crippen LogP contribution in [0.3, 0.4) is 0 Å². The standard InChI is InChI=1S/C20H25N7O3S/c1-26(2)20-22-10-14(18(25-20)13-8-9-27(12-13)31(3,29)30)19(28)21-11-17-23-15-6-4-5-7-16(15)24-17/h4-7,10,13H,8-9,11-12H2,1-3H3,(H,21,28)(H,23,24). The monoisotopic (exact) mass is 443 g/mol. The molecule has 0 bridgehead atoms. The van der Waals surface area contributed by atoms with E-state index in [0.29, 0.717) is 42.5 Å². The molecule has 3 aromatic rings. The van der Waals surface area contributed by atoms with Gasteiger partial charge in [0.25, 0.3) is 5.91 Å². The van der Waals surface area contributed by atoms with Crippen LogP contribution in [0, 0.1) is 0 Å². The minimum atomic E-state index is -3.30. The first-order chi connectivity index (χ1) is 14.7. The second-order valence-electron chi connectivity index (χ2n) is 7.85. The Labute approximate surface area is 180 Å². The highest BCUT2D eigenvalue weighted by Gasteiger charge is 2.33. The number of carbonyl (C=O) groups is 1. The van der Waals surface area contributed by atoms with Crippen molar-refractivity contribution in [3.05, 3.63) is 47.5 Å². The van der Waals surface area contributed by atoms with E-state index in [0.717, 1.165) is 11.0 Å². The van der Waals surface area contributed by atoms with E-state index in [1.807, 2.05) is 38.4 Å².